The molecule has 0 radical (unpaired) electrons. The Bertz CT molecular complexity index is 361. The SMILES string of the molecule is Nc1ccnc(NC2CCS(=O)CC2)n1. The average molecular weight is 226 g/mol. The van der Waals surface area contributed by atoms with Gasteiger partial charge in [0.1, 0.15) is 5.82 Å². The van der Waals surface area contributed by atoms with E-state index >= 15 is 0 Å². The van der Waals surface area contributed by atoms with Crippen LogP contribution in [0, 0.1) is 0 Å². The second-order valence-electron chi connectivity index (χ2n) is 3.57. The summed E-state index contributed by atoms with van der Waals surface area (Å²) >= 11 is 0. The lowest BCUT2D eigenvalue weighted by Gasteiger charge is -2.22. The molecule has 5 nitrogen and oxygen atoms in total. The first-order valence-corrected chi connectivity index (χ1v) is 6.43. The van der Waals surface area contributed by atoms with E-state index in [2.05, 4.69) is 15.3 Å². The Morgan fingerprint density at radius 3 is 2.87 bits per heavy atom. The van der Waals surface area contributed by atoms with Gasteiger partial charge in [0.05, 0.1) is 0 Å². The summed E-state index contributed by atoms with van der Waals surface area (Å²) in [7, 11) is -0.629. The normalized spacial score (nSPS) is 26.1. The Morgan fingerprint density at radius 2 is 2.20 bits per heavy atom. The zero-order valence-electron chi connectivity index (χ0n) is 8.35. The Morgan fingerprint density at radius 1 is 1.47 bits per heavy atom. The first kappa shape index (κ1) is 10.4. The van der Waals surface area contributed by atoms with Crippen LogP contribution in [-0.2, 0) is 10.8 Å². The molecule has 1 aliphatic heterocycles. The molecule has 1 saturated heterocycles. The Hall–Kier alpha value is -1.17. The van der Waals surface area contributed by atoms with Gasteiger partial charge in [-0.15, -0.1) is 0 Å². The molecule has 3 N–H and O–H groups in total. The molecule has 2 rings (SSSR count). The smallest absolute Gasteiger partial charge is 0.224 e. The quantitative estimate of drug-likeness (QED) is 0.762. The second-order valence-corrected chi connectivity index (χ2v) is 5.27. The highest BCUT2D eigenvalue weighted by Crippen LogP contribution is 2.13. The zero-order chi connectivity index (χ0) is 10.7. The fourth-order valence-electron chi connectivity index (χ4n) is 1.56. The Balaban J connectivity index is 1.94. The van der Waals surface area contributed by atoms with Crippen molar-refractivity contribution in [3.8, 4) is 0 Å². The van der Waals surface area contributed by atoms with Crippen molar-refractivity contribution in [2.45, 2.75) is 18.9 Å². The Kier molecular flexibility index (Phi) is 3.15. The Labute approximate surface area is 91.0 Å². The minimum Gasteiger partial charge on any atom is -0.384 e. The van der Waals surface area contributed by atoms with E-state index in [-0.39, 0.29) is 0 Å². The van der Waals surface area contributed by atoms with Gasteiger partial charge in [0, 0.05) is 34.5 Å². The van der Waals surface area contributed by atoms with Crippen molar-refractivity contribution >= 4 is 22.6 Å². The molecule has 0 atom stereocenters. The maximum absolute atomic E-state index is 11.1. The number of aromatic nitrogens is 2. The highest BCUT2D eigenvalue weighted by Gasteiger charge is 2.18. The molecule has 0 aliphatic carbocycles. The lowest BCUT2D eigenvalue weighted by atomic mass is 10.2. The second kappa shape index (κ2) is 4.57. The molecule has 0 amide bonds. The van der Waals surface area contributed by atoms with Crippen LogP contribution in [0.5, 0.6) is 0 Å². The molecule has 0 bridgehead atoms. The van der Waals surface area contributed by atoms with Gasteiger partial charge in [-0.1, -0.05) is 0 Å². The van der Waals surface area contributed by atoms with Gasteiger partial charge in [0.2, 0.25) is 5.95 Å². The van der Waals surface area contributed by atoms with Crippen LogP contribution in [0.15, 0.2) is 12.3 Å². The van der Waals surface area contributed by atoms with E-state index in [0.29, 0.717) is 17.8 Å². The molecular weight excluding hydrogens is 212 g/mol. The number of nitrogens with one attached hydrogen (secondary N) is 1. The molecule has 1 aromatic heterocycles. The summed E-state index contributed by atoms with van der Waals surface area (Å²) in [5.41, 5.74) is 5.55. The van der Waals surface area contributed by atoms with Crippen LogP contribution < -0.4 is 11.1 Å². The number of hydrogen-bond acceptors (Lipinski definition) is 5. The van der Waals surface area contributed by atoms with Gasteiger partial charge in [-0.2, -0.15) is 4.98 Å². The summed E-state index contributed by atoms with van der Waals surface area (Å²) in [4.78, 5) is 8.14. The van der Waals surface area contributed by atoms with Gasteiger partial charge in [-0.25, -0.2) is 4.98 Å². The van der Waals surface area contributed by atoms with E-state index in [9.17, 15) is 4.21 Å². The summed E-state index contributed by atoms with van der Waals surface area (Å²) in [6.07, 6.45) is 3.45. The predicted octanol–water partition coefficient (Wildman–Crippen LogP) is 0.382. The van der Waals surface area contributed by atoms with E-state index in [0.717, 1.165) is 24.3 Å². The van der Waals surface area contributed by atoms with Gasteiger partial charge in [-0.3, -0.25) is 4.21 Å². The largest absolute Gasteiger partial charge is 0.384 e. The van der Waals surface area contributed by atoms with E-state index in [1.165, 1.54) is 0 Å². The van der Waals surface area contributed by atoms with Gasteiger partial charge < -0.3 is 11.1 Å². The van der Waals surface area contributed by atoms with Crippen molar-refractivity contribution in [1.82, 2.24) is 9.97 Å². The van der Waals surface area contributed by atoms with Gasteiger partial charge in [0.15, 0.2) is 0 Å². The molecule has 82 valence electrons. The van der Waals surface area contributed by atoms with Crippen molar-refractivity contribution in [2.75, 3.05) is 22.6 Å². The van der Waals surface area contributed by atoms with Crippen LogP contribution in [0.3, 0.4) is 0 Å². The number of nitrogens with two attached hydrogens (primary N) is 1. The molecule has 0 spiro atoms. The van der Waals surface area contributed by atoms with Crippen LogP contribution in [-0.4, -0.2) is 31.7 Å². The summed E-state index contributed by atoms with van der Waals surface area (Å²) < 4.78 is 11.1. The van der Waals surface area contributed by atoms with E-state index in [1.807, 2.05) is 0 Å². The summed E-state index contributed by atoms with van der Waals surface area (Å²) in [6, 6.07) is 1.98. The number of anilines is 2. The lowest BCUT2D eigenvalue weighted by molar-refractivity contribution is 0.620. The molecule has 0 unspecified atom stereocenters. The molecule has 6 heteroatoms. The third-order valence-electron chi connectivity index (χ3n) is 2.40. The summed E-state index contributed by atoms with van der Waals surface area (Å²) in [6.45, 7) is 0. The standard InChI is InChI=1S/C9H14N4OS/c10-8-1-4-11-9(13-8)12-7-2-5-15(14)6-3-7/h1,4,7H,2-3,5-6H2,(H3,10,11,12,13). The van der Waals surface area contributed by atoms with E-state index in [4.69, 9.17) is 5.73 Å². The molecule has 0 aromatic carbocycles. The maximum Gasteiger partial charge on any atom is 0.224 e. The van der Waals surface area contributed by atoms with Crippen molar-refractivity contribution in [3.05, 3.63) is 12.3 Å². The fraction of sp³-hybridized carbons (Fsp3) is 0.556. The first-order valence-electron chi connectivity index (χ1n) is 4.94. The average Bonchev–Trinajstić information content (AvgIpc) is 2.22. The van der Waals surface area contributed by atoms with Crippen LogP contribution >= 0.6 is 0 Å². The minimum atomic E-state index is -0.629. The third-order valence-corrected chi connectivity index (χ3v) is 3.78. The molecule has 1 aromatic rings. The van der Waals surface area contributed by atoms with Crippen LogP contribution in [0.25, 0.3) is 0 Å². The highest BCUT2D eigenvalue weighted by atomic mass is 32.2. The van der Waals surface area contributed by atoms with Crippen molar-refractivity contribution < 1.29 is 4.21 Å². The van der Waals surface area contributed by atoms with Gasteiger partial charge in [-0.05, 0) is 18.9 Å². The number of hydrogen-bond donors (Lipinski definition) is 2. The van der Waals surface area contributed by atoms with Crippen molar-refractivity contribution in [2.24, 2.45) is 0 Å². The van der Waals surface area contributed by atoms with Gasteiger partial charge >= 0.3 is 0 Å². The third kappa shape index (κ3) is 2.89. The van der Waals surface area contributed by atoms with Crippen molar-refractivity contribution in [3.63, 3.8) is 0 Å². The topological polar surface area (TPSA) is 80.9 Å². The first-order chi connectivity index (χ1) is 7.24. The number of rotatable bonds is 2. The maximum atomic E-state index is 11.1. The number of nitrogens with zero attached hydrogens (tertiary/aromatic N) is 2. The number of nitrogen functional groups attached to an aromatic ring is 1. The van der Waals surface area contributed by atoms with Crippen molar-refractivity contribution in [1.29, 1.82) is 0 Å². The van der Waals surface area contributed by atoms with Crippen LogP contribution in [0.1, 0.15) is 12.8 Å². The molecule has 0 saturated carbocycles. The zero-order valence-corrected chi connectivity index (χ0v) is 9.17. The lowest BCUT2D eigenvalue weighted by Crippen LogP contribution is -2.30. The molecular formula is C9H14N4OS. The molecule has 1 fully saturated rings. The highest BCUT2D eigenvalue weighted by molar-refractivity contribution is 7.85. The summed E-state index contributed by atoms with van der Waals surface area (Å²) in [5, 5.41) is 3.21. The molecule has 2 heterocycles. The van der Waals surface area contributed by atoms with E-state index in [1.54, 1.807) is 12.3 Å². The molecule has 1 aliphatic rings. The van der Waals surface area contributed by atoms with Crippen LogP contribution in [0.4, 0.5) is 11.8 Å². The predicted molar refractivity (Wildman–Crippen MR) is 61.0 cm³/mol. The monoisotopic (exact) mass is 226 g/mol. The van der Waals surface area contributed by atoms with Gasteiger partial charge in [0.25, 0.3) is 0 Å². The summed E-state index contributed by atoms with van der Waals surface area (Å²) in [5.74, 6) is 2.56. The van der Waals surface area contributed by atoms with E-state index < -0.39 is 10.8 Å². The molecule has 15 heavy (non-hydrogen) atoms. The fourth-order valence-corrected chi connectivity index (χ4v) is 2.86. The minimum absolute atomic E-state index is 0.324. The van der Waals surface area contributed by atoms with Crippen LogP contribution in [0.2, 0.25) is 0 Å².